The lowest BCUT2D eigenvalue weighted by Crippen LogP contribution is -2.38. The van der Waals surface area contributed by atoms with Crippen molar-refractivity contribution in [3.63, 3.8) is 0 Å². The number of benzene rings is 2. The first-order valence-corrected chi connectivity index (χ1v) is 10.1. The van der Waals surface area contributed by atoms with E-state index in [9.17, 15) is 9.59 Å². The molecule has 0 N–H and O–H groups in total. The van der Waals surface area contributed by atoms with Crippen LogP contribution in [-0.2, 0) is 19.4 Å². The van der Waals surface area contributed by atoms with E-state index in [1.54, 1.807) is 11.1 Å². The maximum Gasteiger partial charge on any atom is 0.259 e. The molecule has 3 aromatic rings. The van der Waals surface area contributed by atoms with Gasteiger partial charge in [-0.1, -0.05) is 40.2 Å². The van der Waals surface area contributed by atoms with E-state index in [0.29, 0.717) is 18.5 Å². The SMILES string of the molecule is CC1Cc2cc(Br)cc3c(=O)c(C(=O)N4CCc5ccccc5C4)cn1c23. The lowest BCUT2D eigenvalue weighted by Gasteiger charge is -2.29. The lowest BCUT2D eigenvalue weighted by atomic mass is 9.99. The first kappa shape index (κ1) is 16.8. The molecule has 0 saturated carbocycles. The first-order valence-electron chi connectivity index (χ1n) is 9.26. The maximum atomic E-state index is 13.3. The summed E-state index contributed by atoms with van der Waals surface area (Å²) in [6.07, 6.45) is 3.49. The monoisotopic (exact) mass is 422 g/mol. The second-order valence-electron chi connectivity index (χ2n) is 7.54. The third-order valence-corrected chi connectivity index (χ3v) is 6.27. The third-order valence-electron chi connectivity index (χ3n) is 5.81. The fraction of sp³-hybridized carbons (Fsp3) is 0.273. The van der Waals surface area contributed by atoms with Gasteiger partial charge in [-0.2, -0.15) is 0 Å². The van der Waals surface area contributed by atoms with Crippen molar-refractivity contribution in [1.82, 2.24) is 9.47 Å². The Morgan fingerprint density at radius 3 is 2.74 bits per heavy atom. The van der Waals surface area contributed by atoms with Crippen LogP contribution in [0.2, 0.25) is 0 Å². The van der Waals surface area contributed by atoms with E-state index in [4.69, 9.17) is 0 Å². The molecule has 1 aromatic heterocycles. The van der Waals surface area contributed by atoms with Crippen LogP contribution in [0.15, 0.2) is 51.9 Å². The van der Waals surface area contributed by atoms with E-state index in [-0.39, 0.29) is 22.9 Å². The smallest absolute Gasteiger partial charge is 0.259 e. The molecule has 2 aliphatic rings. The van der Waals surface area contributed by atoms with E-state index in [1.165, 1.54) is 11.1 Å². The maximum absolute atomic E-state index is 13.3. The van der Waals surface area contributed by atoms with E-state index >= 15 is 0 Å². The Morgan fingerprint density at radius 1 is 1.15 bits per heavy atom. The summed E-state index contributed by atoms with van der Waals surface area (Å²) in [6, 6.07) is 12.4. The number of carbonyl (C=O) groups is 1. The van der Waals surface area contributed by atoms with Crippen molar-refractivity contribution in [2.45, 2.75) is 32.4 Å². The van der Waals surface area contributed by atoms with E-state index in [0.717, 1.165) is 28.4 Å². The second-order valence-corrected chi connectivity index (χ2v) is 8.45. The summed E-state index contributed by atoms with van der Waals surface area (Å²) in [5.74, 6) is -0.166. The van der Waals surface area contributed by atoms with Crippen molar-refractivity contribution in [3.8, 4) is 0 Å². The Morgan fingerprint density at radius 2 is 1.93 bits per heavy atom. The number of carbonyl (C=O) groups excluding carboxylic acids is 1. The number of hydrogen-bond donors (Lipinski definition) is 0. The molecule has 5 rings (SSSR count). The van der Waals surface area contributed by atoms with Gasteiger partial charge in [-0.05, 0) is 48.6 Å². The van der Waals surface area contributed by atoms with Gasteiger partial charge in [0.25, 0.3) is 5.91 Å². The minimum absolute atomic E-state index is 0.165. The number of fused-ring (bicyclic) bond motifs is 1. The zero-order valence-corrected chi connectivity index (χ0v) is 16.6. The van der Waals surface area contributed by atoms with E-state index in [2.05, 4.69) is 45.6 Å². The highest BCUT2D eigenvalue weighted by Crippen LogP contribution is 2.33. The van der Waals surface area contributed by atoms with E-state index < -0.39 is 0 Å². The van der Waals surface area contributed by atoms with Crippen molar-refractivity contribution in [2.24, 2.45) is 0 Å². The summed E-state index contributed by atoms with van der Waals surface area (Å²) in [5, 5.41) is 0.631. The zero-order chi connectivity index (χ0) is 18.7. The van der Waals surface area contributed by atoms with Crippen molar-refractivity contribution in [3.05, 3.63) is 79.5 Å². The molecule has 27 heavy (non-hydrogen) atoms. The quantitative estimate of drug-likeness (QED) is 0.592. The van der Waals surface area contributed by atoms with Gasteiger partial charge in [0.1, 0.15) is 5.56 Å². The fourth-order valence-electron chi connectivity index (χ4n) is 4.45. The van der Waals surface area contributed by atoms with Gasteiger partial charge in [-0.25, -0.2) is 0 Å². The summed E-state index contributed by atoms with van der Waals surface area (Å²) in [7, 11) is 0. The standard InChI is InChI=1S/C22H19BrN2O2/c1-13-8-16-9-17(23)10-18-20(16)25(13)12-19(21(18)26)22(27)24-7-6-14-4-2-3-5-15(14)11-24/h2-5,9-10,12-13H,6-8,11H2,1H3. The van der Waals surface area contributed by atoms with Crippen LogP contribution < -0.4 is 5.43 Å². The predicted octanol–water partition coefficient (Wildman–Crippen LogP) is 4.08. The summed E-state index contributed by atoms with van der Waals surface area (Å²) in [6.45, 7) is 3.33. The van der Waals surface area contributed by atoms with Gasteiger partial charge < -0.3 is 9.47 Å². The number of pyridine rings is 1. The number of nitrogens with zero attached hydrogens (tertiary/aromatic N) is 2. The van der Waals surface area contributed by atoms with Crippen LogP contribution in [0.5, 0.6) is 0 Å². The highest BCUT2D eigenvalue weighted by molar-refractivity contribution is 9.10. The Hall–Kier alpha value is -2.40. The predicted molar refractivity (Wildman–Crippen MR) is 109 cm³/mol. The van der Waals surface area contributed by atoms with Gasteiger partial charge in [0.15, 0.2) is 0 Å². The van der Waals surface area contributed by atoms with Gasteiger partial charge in [0, 0.05) is 35.2 Å². The molecule has 2 aliphatic heterocycles. The van der Waals surface area contributed by atoms with Crippen LogP contribution in [0.3, 0.4) is 0 Å². The molecule has 5 heteroatoms. The molecule has 0 spiro atoms. The van der Waals surface area contributed by atoms with Crippen molar-refractivity contribution >= 4 is 32.7 Å². The molecule has 3 heterocycles. The van der Waals surface area contributed by atoms with E-state index in [1.807, 2.05) is 18.2 Å². The lowest BCUT2D eigenvalue weighted by molar-refractivity contribution is 0.0732. The molecule has 1 atom stereocenters. The number of amides is 1. The average molecular weight is 423 g/mol. The van der Waals surface area contributed by atoms with Crippen LogP contribution in [0.1, 0.15) is 40.0 Å². The van der Waals surface area contributed by atoms with Crippen LogP contribution in [0, 0.1) is 0 Å². The fourth-order valence-corrected chi connectivity index (χ4v) is 4.96. The van der Waals surface area contributed by atoms with Gasteiger partial charge in [-0.3, -0.25) is 9.59 Å². The number of halogens is 1. The topological polar surface area (TPSA) is 42.3 Å². The van der Waals surface area contributed by atoms with Crippen molar-refractivity contribution < 1.29 is 4.79 Å². The molecule has 4 nitrogen and oxygen atoms in total. The molecular weight excluding hydrogens is 404 g/mol. The Bertz CT molecular complexity index is 1160. The van der Waals surface area contributed by atoms with Crippen LogP contribution in [-0.4, -0.2) is 21.9 Å². The van der Waals surface area contributed by atoms with Gasteiger partial charge in [0.2, 0.25) is 5.43 Å². The minimum atomic E-state index is -0.166. The summed E-state index contributed by atoms with van der Waals surface area (Å²) >= 11 is 3.51. The molecular formula is C22H19BrN2O2. The zero-order valence-electron chi connectivity index (χ0n) is 15.0. The number of aromatic nitrogens is 1. The summed E-state index contributed by atoms with van der Waals surface area (Å²) in [5.41, 5.74) is 4.70. The number of rotatable bonds is 1. The van der Waals surface area contributed by atoms with Gasteiger partial charge in [-0.15, -0.1) is 0 Å². The van der Waals surface area contributed by atoms with Crippen LogP contribution in [0.4, 0.5) is 0 Å². The van der Waals surface area contributed by atoms with Crippen molar-refractivity contribution in [1.29, 1.82) is 0 Å². The van der Waals surface area contributed by atoms with Crippen LogP contribution in [0.25, 0.3) is 10.9 Å². The Labute approximate surface area is 165 Å². The van der Waals surface area contributed by atoms with Crippen LogP contribution >= 0.6 is 15.9 Å². The number of hydrogen-bond acceptors (Lipinski definition) is 2. The highest BCUT2D eigenvalue weighted by Gasteiger charge is 2.28. The average Bonchev–Trinajstić information content (AvgIpc) is 2.98. The third kappa shape index (κ3) is 2.56. The molecule has 0 radical (unpaired) electrons. The Kier molecular flexibility index (Phi) is 3.76. The highest BCUT2D eigenvalue weighted by atomic mass is 79.9. The molecule has 0 fully saturated rings. The molecule has 2 aromatic carbocycles. The molecule has 136 valence electrons. The van der Waals surface area contributed by atoms with Crippen molar-refractivity contribution in [2.75, 3.05) is 6.54 Å². The summed E-state index contributed by atoms with van der Waals surface area (Å²) < 4.78 is 2.99. The first-order chi connectivity index (χ1) is 13.0. The molecule has 0 bridgehead atoms. The summed E-state index contributed by atoms with van der Waals surface area (Å²) in [4.78, 5) is 28.2. The van der Waals surface area contributed by atoms with Gasteiger partial charge >= 0.3 is 0 Å². The van der Waals surface area contributed by atoms with Gasteiger partial charge in [0.05, 0.1) is 5.52 Å². The minimum Gasteiger partial charge on any atom is -0.343 e. The molecule has 1 amide bonds. The molecule has 0 aliphatic carbocycles. The Balaban J connectivity index is 1.62. The molecule has 1 unspecified atom stereocenters. The molecule has 0 saturated heterocycles. The largest absolute Gasteiger partial charge is 0.343 e. The second kappa shape index (κ2) is 6.06. The normalized spacial score (nSPS) is 18.0.